The maximum Gasteiger partial charge on any atom is 0.153 e. The zero-order valence-corrected chi connectivity index (χ0v) is 17.4. The summed E-state index contributed by atoms with van der Waals surface area (Å²) >= 11 is 6.38. The van der Waals surface area contributed by atoms with Gasteiger partial charge in [-0.3, -0.25) is 0 Å². The minimum absolute atomic E-state index is 0.392. The Kier molecular flexibility index (Phi) is 7.30. The Morgan fingerprint density at radius 2 is 2.00 bits per heavy atom. The highest BCUT2D eigenvalue weighted by Crippen LogP contribution is 2.32. The van der Waals surface area contributed by atoms with Crippen molar-refractivity contribution in [1.29, 1.82) is 0 Å². The van der Waals surface area contributed by atoms with Gasteiger partial charge >= 0.3 is 0 Å². The first-order chi connectivity index (χ1) is 14.2. The molecule has 0 aliphatic heterocycles. The number of aromatic nitrogens is 2. The fraction of sp³-hybridized carbons (Fsp3) is 0.318. The Bertz CT molecular complexity index is 1010. The average molecular weight is 410 g/mol. The van der Waals surface area contributed by atoms with Crippen LogP contribution in [0, 0.1) is 0 Å². The molecule has 2 aromatic carbocycles. The predicted octanol–water partition coefficient (Wildman–Crippen LogP) is 6.68. The van der Waals surface area contributed by atoms with Crippen molar-refractivity contribution >= 4 is 17.3 Å². The molecule has 0 atom stereocenters. The molecular weight excluding hydrogens is 386 g/mol. The van der Waals surface area contributed by atoms with Gasteiger partial charge in [-0.2, -0.15) is 0 Å². The van der Waals surface area contributed by atoms with E-state index in [9.17, 15) is 0 Å². The van der Waals surface area contributed by atoms with Gasteiger partial charge in [0.1, 0.15) is 5.82 Å². The van der Waals surface area contributed by atoms with E-state index >= 15 is 0 Å². The molecule has 3 rings (SSSR count). The number of methoxy groups -OCH3 is 1. The van der Waals surface area contributed by atoms with E-state index in [1.165, 1.54) is 0 Å². The van der Waals surface area contributed by atoms with Crippen LogP contribution in [-0.2, 0) is 24.3 Å². The second-order valence-electron chi connectivity index (χ2n) is 6.80. The second-order valence-corrected chi connectivity index (χ2v) is 7.15. The van der Waals surface area contributed by atoms with Crippen molar-refractivity contribution in [1.82, 2.24) is 9.55 Å². The van der Waals surface area contributed by atoms with Crippen LogP contribution in [0.3, 0.4) is 0 Å². The number of rotatable bonds is 9. The molecule has 0 aliphatic rings. The van der Waals surface area contributed by atoms with Crippen molar-refractivity contribution in [2.75, 3.05) is 7.11 Å². The van der Waals surface area contributed by atoms with Crippen LogP contribution < -0.4 is 0 Å². The Morgan fingerprint density at radius 3 is 2.69 bits per heavy atom. The molecule has 0 unspecified atom stereocenters. The summed E-state index contributed by atoms with van der Waals surface area (Å²) in [6, 6.07) is 15.9. The van der Waals surface area contributed by atoms with Crippen molar-refractivity contribution in [3.05, 3.63) is 81.2 Å². The van der Waals surface area contributed by atoms with Gasteiger partial charge in [-0.05, 0) is 34.7 Å². The lowest BCUT2D eigenvalue weighted by Gasteiger charge is -2.14. The van der Waals surface area contributed by atoms with Crippen molar-refractivity contribution in [3.8, 4) is 11.1 Å². The lowest BCUT2D eigenvalue weighted by Crippen LogP contribution is -2.10. The monoisotopic (exact) mass is 409 g/mol. The van der Waals surface area contributed by atoms with E-state index in [1.54, 1.807) is 7.11 Å². The number of halogens is 1. The van der Waals surface area contributed by atoms with Gasteiger partial charge in [0.2, 0.25) is 0 Å². The number of hydrogen-bond acceptors (Lipinski definition) is 3. The molecule has 7 heteroatoms. The van der Waals surface area contributed by atoms with E-state index < -0.39 is 0 Å². The van der Waals surface area contributed by atoms with Crippen LogP contribution >= 0.6 is 11.6 Å². The molecule has 0 aliphatic carbocycles. The maximum absolute atomic E-state index is 9.04. The molecule has 0 saturated carbocycles. The molecule has 0 amide bonds. The molecular formula is C22H24ClN5O. The van der Waals surface area contributed by atoms with Crippen LogP contribution in [0.25, 0.3) is 21.6 Å². The number of ether oxygens (including phenoxy) is 1. The van der Waals surface area contributed by atoms with Gasteiger partial charge in [0.25, 0.3) is 0 Å². The van der Waals surface area contributed by atoms with E-state index in [-0.39, 0.29) is 0 Å². The summed E-state index contributed by atoms with van der Waals surface area (Å²) in [4.78, 5) is 7.57. The fourth-order valence-corrected chi connectivity index (χ4v) is 3.60. The molecule has 0 bridgehead atoms. The van der Waals surface area contributed by atoms with Crippen molar-refractivity contribution in [2.24, 2.45) is 5.11 Å². The van der Waals surface area contributed by atoms with E-state index in [4.69, 9.17) is 21.9 Å². The maximum atomic E-state index is 9.04. The number of benzene rings is 2. The first-order valence-electron chi connectivity index (χ1n) is 9.64. The summed E-state index contributed by atoms with van der Waals surface area (Å²) in [6.07, 6.45) is 2.97. The van der Waals surface area contributed by atoms with Crippen LogP contribution in [0.5, 0.6) is 0 Å². The smallest absolute Gasteiger partial charge is 0.153 e. The van der Waals surface area contributed by atoms with E-state index in [2.05, 4.69) is 26.5 Å². The minimum Gasteiger partial charge on any atom is -0.378 e. The Hall–Kier alpha value is -2.79. The molecule has 0 N–H and O–H groups in total. The number of aryl methyl sites for hydroxylation is 1. The number of azide groups is 1. The molecule has 0 fully saturated rings. The zero-order valence-electron chi connectivity index (χ0n) is 16.7. The minimum atomic E-state index is 0.392. The highest BCUT2D eigenvalue weighted by atomic mass is 35.5. The van der Waals surface area contributed by atoms with E-state index in [1.807, 2.05) is 48.5 Å². The summed E-state index contributed by atoms with van der Waals surface area (Å²) in [5, 5.41) is 4.41. The van der Waals surface area contributed by atoms with Crippen LogP contribution in [0.2, 0.25) is 5.15 Å². The third-order valence-corrected chi connectivity index (χ3v) is 5.08. The first kappa shape index (κ1) is 20.9. The molecule has 3 aromatic rings. The topological polar surface area (TPSA) is 75.8 Å². The quantitative estimate of drug-likeness (QED) is 0.224. The van der Waals surface area contributed by atoms with Gasteiger partial charge in [-0.1, -0.05) is 72.5 Å². The molecule has 0 radical (unpaired) electrons. The number of imidazole rings is 1. The lowest BCUT2D eigenvalue weighted by molar-refractivity contribution is 0.178. The normalized spacial score (nSPS) is 10.7. The molecule has 0 saturated heterocycles. The van der Waals surface area contributed by atoms with Crippen molar-refractivity contribution in [3.63, 3.8) is 0 Å². The number of nitrogens with zero attached hydrogens (tertiary/aromatic N) is 5. The summed E-state index contributed by atoms with van der Waals surface area (Å²) in [6.45, 7) is 3.13. The first-order valence-corrected chi connectivity index (χ1v) is 10.0. The third-order valence-electron chi connectivity index (χ3n) is 4.78. The highest BCUT2D eigenvalue weighted by Gasteiger charge is 2.16. The average Bonchev–Trinajstić information content (AvgIpc) is 3.02. The second kappa shape index (κ2) is 10.1. The van der Waals surface area contributed by atoms with E-state index in [0.29, 0.717) is 24.0 Å². The van der Waals surface area contributed by atoms with Gasteiger partial charge in [0.05, 0.1) is 12.3 Å². The molecule has 1 heterocycles. The molecule has 29 heavy (non-hydrogen) atoms. The lowest BCUT2D eigenvalue weighted by atomic mass is 10.0. The zero-order chi connectivity index (χ0) is 20.6. The molecule has 6 nitrogen and oxygen atoms in total. The largest absolute Gasteiger partial charge is 0.378 e. The fourth-order valence-electron chi connectivity index (χ4n) is 3.34. The molecule has 0 spiro atoms. The van der Waals surface area contributed by atoms with Gasteiger partial charge in [-0.15, -0.1) is 0 Å². The number of unbranched alkanes of at least 4 members (excludes halogenated alkanes) is 1. The van der Waals surface area contributed by atoms with Crippen molar-refractivity contribution < 1.29 is 4.74 Å². The summed E-state index contributed by atoms with van der Waals surface area (Å²) in [5.74, 6) is 0.946. The Morgan fingerprint density at radius 1 is 1.21 bits per heavy atom. The van der Waals surface area contributed by atoms with Crippen LogP contribution in [0.4, 0.5) is 5.69 Å². The SMILES string of the molecule is CCCCc1nc(Cl)c(COC)n1Cc1ccc(-c2ccccc2)c(N=[N+]=[N-])c1. The van der Waals surface area contributed by atoms with Crippen LogP contribution in [0.15, 0.2) is 53.6 Å². The van der Waals surface area contributed by atoms with Crippen LogP contribution in [0.1, 0.15) is 36.8 Å². The Balaban J connectivity index is 2.00. The predicted molar refractivity (Wildman–Crippen MR) is 116 cm³/mol. The highest BCUT2D eigenvalue weighted by molar-refractivity contribution is 6.30. The summed E-state index contributed by atoms with van der Waals surface area (Å²) in [7, 11) is 1.65. The van der Waals surface area contributed by atoms with Crippen LogP contribution in [-0.4, -0.2) is 16.7 Å². The van der Waals surface area contributed by atoms with Crippen molar-refractivity contribution in [2.45, 2.75) is 39.3 Å². The van der Waals surface area contributed by atoms with Gasteiger partial charge < -0.3 is 9.30 Å². The van der Waals surface area contributed by atoms with Gasteiger partial charge in [-0.25, -0.2) is 4.98 Å². The molecule has 150 valence electrons. The van der Waals surface area contributed by atoms with E-state index in [0.717, 1.165) is 47.5 Å². The van der Waals surface area contributed by atoms with Gasteiger partial charge in [0.15, 0.2) is 5.15 Å². The third kappa shape index (κ3) is 4.98. The van der Waals surface area contributed by atoms with Gasteiger partial charge in [0, 0.05) is 30.7 Å². The molecule has 1 aromatic heterocycles. The Labute approximate surface area is 175 Å². The summed E-state index contributed by atoms with van der Waals surface area (Å²) in [5.41, 5.74) is 13.4. The number of hydrogen-bond donors (Lipinski definition) is 0. The summed E-state index contributed by atoms with van der Waals surface area (Å²) < 4.78 is 7.44. The standard InChI is InChI=1S/C22H24ClN5O/c1-3-4-10-21-25-22(23)20(15-29-2)28(21)14-16-11-12-18(19(13-16)26-27-24)17-8-6-5-7-9-17/h5-9,11-13H,3-4,10,14-15H2,1-2H3.